The van der Waals surface area contributed by atoms with Crippen molar-refractivity contribution in [3.05, 3.63) is 94.0 Å². The molecular formula is C29H23ClF6N4O2. The van der Waals surface area contributed by atoms with Crippen molar-refractivity contribution in [3.63, 3.8) is 0 Å². The number of carbonyl (C=O) groups excluding carboxylic acids is 1. The average Bonchev–Trinajstić information content (AvgIpc) is 3.34. The van der Waals surface area contributed by atoms with Gasteiger partial charge in [0.15, 0.2) is 0 Å². The Kier molecular flexibility index (Phi) is 7.93. The summed E-state index contributed by atoms with van der Waals surface area (Å²) in [6, 6.07) is 14.9. The van der Waals surface area contributed by atoms with Gasteiger partial charge in [-0.05, 0) is 66.4 Å². The van der Waals surface area contributed by atoms with Crippen molar-refractivity contribution in [2.24, 2.45) is 0 Å². The zero-order chi connectivity index (χ0) is 30.2. The topological polar surface area (TPSA) is 62.5 Å². The highest BCUT2D eigenvalue weighted by Crippen LogP contribution is 2.43. The molecule has 13 heteroatoms. The lowest BCUT2D eigenvalue weighted by molar-refractivity contribution is -0.143. The monoisotopic (exact) mass is 608 g/mol. The molecule has 0 saturated heterocycles. The first-order chi connectivity index (χ1) is 19.8. The predicted octanol–water partition coefficient (Wildman–Crippen LogP) is 8.45. The molecule has 1 amide bonds. The second-order valence-corrected chi connectivity index (χ2v) is 10.3. The van der Waals surface area contributed by atoms with Crippen LogP contribution in [-0.4, -0.2) is 27.5 Å². The van der Waals surface area contributed by atoms with Crippen LogP contribution in [0.3, 0.4) is 0 Å². The van der Waals surface area contributed by atoms with Crippen LogP contribution < -0.4 is 4.90 Å². The summed E-state index contributed by atoms with van der Waals surface area (Å²) in [6.07, 6.45) is -9.19. The zero-order valence-electron chi connectivity index (χ0n) is 22.0. The number of carbonyl (C=O) groups is 1. The molecule has 220 valence electrons. The fourth-order valence-electron chi connectivity index (χ4n) is 5.04. The maximum atomic E-state index is 13.5. The van der Waals surface area contributed by atoms with Crippen molar-refractivity contribution in [1.82, 2.24) is 15.1 Å². The SMILES string of the molecule is CC(=O)N(Cc1cc(C(F)(F)F)cc(C(F)(F)F)c1)C1CCCN(c2nnc(-c3ccccc3)o2)c2cc(Cl)ccc21. The van der Waals surface area contributed by atoms with Gasteiger partial charge in [0.1, 0.15) is 0 Å². The highest BCUT2D eigenvalue weighted by atomic mass is 35.5. The summed E-state index contributed by atoms with van der Waals surface area (Å²) in [7, 11) is 0. The van der Waals surface area contributed by atoms with Gasteiger partial charge in [-0.25, -0.2) is 0 Å². The number of hydrogen-bond acceptors (Lipinski definition) is 5. The van der Waals surface area contributed by atoms with Gasteiger partial charge in [-0.3, -0.25) is 9.69 Å². The normalized spacial score (nSPS) is 15.7. The van der Waals surface area contributed by atoms with Gasteiger partial charge in [0, 0.05) is 30.6 Å². The molecule has 1 aliphatic rings. The van der Waals surface area contributed by atoms with E-state index in [0.29, 0.717) is 53.4 Å². The number of rotatable bonds is 5. The van der Waals surface area contributed by atoms with Crippen LogP contribution in [0.2, 0.25) is 5.02 Å². The van der Waals surface area contributed by atoms with E-state index in [4.69, 9.17) is 16.0 Å². The van der Waals surface area contributed by atoms with Crippen LogP contribution >= 0.6 is 11.6 Å². The van der Waals surface area contributed by atoms with Crippen molar-refractivity contribution in [3.8, 4) is 11.5 Å². The number of hydrogen-bond donors (Lipinski definition) is 0. The van der Waals surface area contributed by atoms with E-state index in [0.717, 1.165) is 0 Å². The van der Waals surface area contributed by atoms with Gasteiger partial charge in [0.05, 0.1) is 22.9 Å². The van der Waals surface area contributed by atoms with Crippen LogP contribution in [0.15, 0.2) is 71.1 Å². The van der Waals surface area contributed by atoms with E-state index in [2.05, 4.69) is 10.2 Å². The summed E-state index contributed by atoms with van der Waals surface area (Å²) in [5, 5.41) is 8.70. The number of anilines is 2. The van der Waals surface area contributed by atoms with Crippen LogP contribution in [0.25, 0.3) is 11.5 Å². The van der Waals surface area contributed by atoms with Crippen LogP contribution in [0.5, 0.6) is 0 Å². The smallest absolute Gasteiger partial charge is 0.403 e. The summed E-state index contributed by atoms with van der Waals surface area (Å²) >= 11 is 6.34. The van der Waals surface area contributed by atoms with E-state index in [9.17, 15) is 31.1 Å². The summed E-state index contributed by atoms with van der Waals surface area (Å²) in [4.78, 5) is 15.9. The van der Waals surface area contributed by atoms with E-state index in [1.165, 1.54) is 11.8 Å². The lowest BCUT2D eigenvalue weighted by Crippen LogP contribution is -2.33. The number of benzene rings is 3. The lowest BCUT2D eigenvalue weighted by atomic mass is 9.98. The Hall–Kier alpha value is -4.06. The fraction of sp³-hybridized carbons (Fsp3) is 0.276. The average molecular weight is 609 g/mol. The van der Waals surface area contributed by atoms with Gasteiger partial charge in [-0.15, -0.1) is 5.10 Å². The molecule has 42 heavy (non-hydrogen) atoms. The summed E-state index contributed by atoms with van der Waals surface area (Å²) in [5.74, 6) is -0.241. The molecule has 0 N–H and O–H groups in total. The molecule has 0 aliphatic carbocycles. The second-order valence-electron chi connectivity index (χ2n) is 9.83. The molecule has 2 heterocycles. The van der Waals surface area contributed by atoms with Gasteiger partial charge in [0.25, 0.3) is 0 Å². The van der Waals surface area contributed by atoms with Crippen molar-refractivity contribution in [2.75, 3.05) is 11.4 Å². The Morgan fingerprint density at radius 2 is 1.64 bits per heavy atom. The number of nitrogens with zero attached hydrogens (tertiary/aromatic N) is 4. The third-order valence-electron chi connectivity index (χ3n) is 6.95. The molecule has 1 unspecified atom stereocenters. The number of alkyl halides is 6. The van der Waals surface area contributed by atoms with E-state index < -0.39 is 42.0 Å². The zero-order valence-corrected chi connectivity index (χ0v) is 22.8. The van der Waals surface area contributed by atoms with Crippen LogP contribution in [0, 0.1) is 0 Å². The van der Waals surface area contributed by atoms with Gasteiger partial charge in [-0.2, -0.15) is 26.3 Å². The van der Waals surface area contributed by atoms with E-state index in [1.54, 1.807) is 23.1 Å². The predicted molar refractivity (Wildman–Crippen MR) is 143 cm³/mol. The summed E-state index contributed by atoms with van der Waals surface area (Å²) in [5.41, 5.74) is -1.37. The Morgan fingerprint density at radius 1 is 0.976 bits per heavy atom. The quantitative estimate of drug-likeness (QED) is 0.213. The van der Waals surface area contributed by atoms with Gasteiger partial charge in [-0.1, -0.05) is 41.0 Å². The third-order valence-corrected chi connectivity index (χ3v) is 7.18. The third kappa shape index (κ3) is 6.23. The van der Waals surface area contributed by atoms with Crippen molar-refractivity contribution in [2.45, 2.75) is 44.7 Å². The Morgan fingerprint density at radius 3 is 2.26 bits per heavy atom. The van der Waals surface area contributed by atoms with Crippen molar-refractivity contribution in [1.29, 1.82) is 0 Å². The minimum absolute atomic E-state index is 0.0660. The van der Waals surface area contributed by atoms with E-state index in [1.807, 2.05) is 30.3 Å². The molecule has 0 saturated carbocycles. The molecule has 1 aliphatic heterocycles. The number of amides is 1. The van der Waals surface area contributed by atoms with E-state index in [-0.39, 0.29) is 23.5 Å². The highest BCUT2D eigenvalue weighted by Gasteiger charge is 2.38. The maximum absolute atomic E-state index is 13.5. The first-order valence-electron chi connectivity index (χ1n) is 12.8. The minimum atomic E-state index is -5.01. The molecule has 1 aromatic heterocycles. The van der Waals surface area contributed by atoms with Crippen LogP contribution in [0.4, 0.5) is 38.0 Å². The molecule has 0 fully saturated rings. The Labute approximate surface area is 241 Å². The van der Waals surface area contributed by atoms with Crippen LogP contribution in [-0.2, 0) is 23.7 Å². The minimum Gasteiger partial charge on any atom is -0.403 e. The van der Waals surface area contributed by atoms with Gasteiger partial charge in [0.2, 0.25) is 11.8 Å². The lowest BCUT2D eigenvalue weighted by Gasteiger charge is -2.32. The molecule has 6 nitrogen and oxygen atoms in total. The number of halogens is 7. The van der Waals surface area contributed by atoms with Crippen molar-refractivity contribution < 1.29 is 35.6 Å². The Balaban J connectivity index is 1.54. The number of fused-ring (bicyclic) bond motifs is 1. The fourth-order valence-corrected chi connectivity index (χ4v) is 5.21. The second kappa shape index (κ2) is 11.3. The van der Waals surface area contributed by atoms with Crippen LogP contribution in [0.1, 0.15) is 48.1 Å². The molecule has 3 aromatic carbocycles. The molecule has 0 radical (unpaired) electrons. The largest absolute Gasteiger partial charge is 0.416 e. The van der Waals surface area contributed by atoms with Gasteiger partial charge >= 0.3 is 18.4 Å². The first kappa shape index (κ1) is 29.4. The first-order valence-corrected chi connectivity index (χ1v) is 13.2. The summed E-state index contributed by atoms with van der Waals surface area (Å²) < 4.78 is 87.0. The number of aromatic nitrogens is 2. The molecular weight excluding hydrogens is 586 g/mol. The maximum Gasteiger partial charge on any atom is 0.416 e. The highest BCUT2D eigenvalue weighted by molar-refractivity contribution is 6.30. The van der Waals surface area contributed by atoms with E-state index >= 15 is 0 Å². The molecule has 4 aromatic rings. The molecule has 0 spiro atoms. The van der Waals surface area contributed by atoms with Crippen molar-refractivity contribution >= 4 is 29.2 Å². The molecule has 1 atom stereocenters. The summed E-state index contributed by atoms with van der Waals surface area (Å²) in [6.45, 7) is 1.11. The molecule has 0 bridgehead atoms. The Bertz CT molecular complexity index is 1560. The molecule has 5 rings (SSSR count). The standard InChI is InChI=1S/C29H23ClF6N4O2/c1-17(41)40(16-18-12-20(28(31,32)33)14-21(13-18)29(34,35)36)24-8-5-11-39(25-15-22(30)9-10-23(24)25)27-38-37-26(42-27)19-6-3-2-4-7-19/h2-4,6-7,9-10,12-15,24H,5,8,11,16H2,1H3. The van der Waals surface area contributed by atoms with Gasteiger partial charge < -0.3 is 9.32 Å².